The van der Waals surface area contributed by atoms with Gasteiger partial charge in [0.15, 0.2) is 0 Å². The molecular formula is C21H25BrN2O4S. The fourth-order valence-corrected chi connectivity index (χ4v) is 5.47. The van der Waals surface area contributed by atoms with Crippen molar-refractivity contribution >= 4 is 37.5 Å². The highest BCUT2D eigenvalue weighted by atomic mass is 79.9. The Morgan fingerprint density at radius 3 is 2.59 bits per heavy atom. The van der Waals surface area contributed by atoms with Crippen molar-refractivity contribution in [2.75, 3.05) is 19.0 Å². The number of piperidine rings is 1. The Morgan fingerprint density at radius 2 is 1.93 bits per heavy atom. The standard InChI is InChI=1S/C21H25BrN2O4S/c1-15-13-16(6-11-20(15)22)23-21(25)14-17-5-3-4-12-24(17)29(26,27)19-9-7-18(28-2)8-10-19/h6-11,13,17H,3-5,12,14H2,1-2H3,(H,23,25). The number of halogens is 1. The van der Waals surface area contributed by atoms with Crippen LogP contribution >= 0.6 is 15.9 Å². The first-order valence-electron chi connectivity index (χ1n) is 9.53. The van der Waals surface area contributed by atoms with Crippen LogP contribution in [0.3, 0.4) is 0 Å². The molecule has 1 aliphatic rings. The van der Waals surface area contributed by atoms with Gasteiger partial charge in [-0.25, -0.2) is 8.42 Å². The molecule has 0 aliphatic carbocycles. The molecular weight excluding hydrogens is 456 g/mol. The van der Waals surface area contributed by atoms with Crippen LogP contribution in [0.25, 0.3) is 0 Å². The number of hydrogen-bond donors (Lipinski definition) is 1. The van der Waals surface area contributed by atoms with E-state index in [1.54, 1.807) is 24.3 Å². The van der Waals surface area contributed by atoms with Crippen molar-refractivity contribution in [2.45, 2.75) is 43.5 Å². The summed E-state index contributed by atoms with van der Waals surface area (Å²) in [5, 5.41) is 2.89. The second-order valence-electron chi connectivity index (χ2n) is 7.16. The number of sulfonamides is 1. The molecule has 6 nitrogen and oxygen atoms in total. The lowest BCUT2D eigenvalue weighted by Crippen LogP contribution is -2.45. The Kier molecular flexibility index (Phi) is 6.97. The number of anilines is 1. The minimum atomic E-state index is -3.68. The Labute approximate surface area is 180 Å². The molecule has 0 radical (unpaired) electrons. The van der Waals surface area contributed by atoms with Gasteiger partial charge < -0.3 is 10.1 Å². The van der Waals surface area contributed by atoms with Gasteiger partial charge in [-0.15, -0.1) is 0 Å². The first-order valence-corrected chi connectivity index (χ1v) is 11.8. The third-order valence-electron chi connectivity index (χ3n) is 5.10. The van der Waals surface area contributed by atoms with Gasteiger partial charge in [0, 0.05) is 29.2 Å². The van der Waals surface area contributed by atoms with Crippen LogP contribution in [0.1, 0.15) is 31.2 Å². The molecule has 2 aromatic carbocycles. The molecule has 1 heterocycles. The Balaban J connectivity index is 1.74. The highest BCUT2D eigenvalue weighted by Gasteiger charge is 2.34. The van der Waals surface area contributed by atoms with Crippen LogP contribution < -0.4 is 10.1 Å². The molecule has 1 unspecified atom stereocenters. The molecule has 1 N–H and O–H groups in total. The predicted molar refractivity (Wildman–Crippen MR) is 117 cm³/mol. The topological polar surface area (TPSA) is 75.7 Å². The number of amides is 1. The third-order valence-corrected chi connectivity index (χ3v) is 7.96. The molecule has 0 aromatic heterocycles. The first-order chi connectivity index (χ1) is 13.8. The molecule has 29 heavy (non-hydrogen) atoms. The maximum absolute atomic E-state index is 13.2. The van der Waals surface area contributed by atoms with Crippen molar-refractivity contribution in [2.24, 2.45) is 0 Å². The van der Waals surface area contributed by atoms with Gasteiger partial charge in [-0.2, -0.15) is 4.31 Å². The second-order valence-corrected chi connectivity index (χ2v) is 9.90. The summed E-state index contributed by atoms with van der Waals surface area (Å²) in [4.78, 5) is 12.8. The summed E-state index contributed by atoms with van der Waals surface area (Å²) in [6.45, 7) is 2.37. The lowest BCUT2D eigenvalue weighted by molar-refractivity contribution is -0.117. The van der Waals surface area contributed by atoms with Gasteiger partial charge in [-0.1, -0.05) is 22.4 Å². The maximum Gasteiger partial charge on any atom is 0.243 e. The molecule has 8 heteroatoms. The summed E-state index contributed by atoms with van der Waals surface area (Å²) in [5.41, 5.74) is 1.72. The summed E-state index contributed by atoms with van der Waals surface area (Å²) in [6.07, 6.45) is 2.50. The van der Waals surface area contributed by atoms with Crippen LogP contribution in [0.5, 0.6) is 5.75 Å². The number of aryl methyl sites for hydroxylation is 1. The quantitative estimate of drug-likeness (QED) is 0.666. The number of nitrogens with zero attached hydrogens (tertiary/aromatic N) is 1. The van der Waals surface area contributed by atoms with Crippen molar-refractivity contribution in [3.05, 3.63) is 52.5 Å². The minimum Gasteiger partial charge on any atom is -0.497 e. The molecule has 1 aliphatic heterocycles. The summed E-state index contributed by atoms with van der Waals surface area (Å²) in [5.74, 6) is 0.414. The average Bonchev–Trinajstić information content (AvgIpc) is 2.71. The lowest BCUT2D eigenvalue weighted by Gasteiger charge is -2.34. The summed E-state index contributed by atoms with van der Waals surface area (Å²) in [6, 6.07) is 11.6. The number of nitrogens with one attached hydrogen (secondary N) is 1. The normalized spacial score (nSPS) is 17.7. The van der Waals surface area contributed by atoms with Gasteiger partial charge in [-0.05, 0) is 67.8 Å². The zero-order valence-electron chi connectivity index (χ0n) is 16.5. The van der Waals surface area contributed by atoms with Gasteiger partial charge in [0.25, 0.3) is 0 Å². The van der Waals surface area contributed by atoms with Gasteiger partial charge in [0.05, 0.1) is 12.0 Å². The average molecular weight is 481 g/mol. The Bertz CT molecular complexity index is 977. The Hall–Kier alpha value is -1.90. The zero-order chi connectivity index (χ0) is 21.0. The van der Waals surface area contributed by atoms with Crippen LogP contribution in [0, 0.1) is 6.92 Å². The summed E-state index contributed by atoms with van der Waals surface area (Å²) < 4.78 is 33.9. The van der Waals surface area contributed by atoms with Gasteiger partial charge >= 0.3 is 0 Å². The molecule has 1 saturated heterocycles. The van der Waals surface area contributed by atoms with Crippen molar-refractivity contribution in [3.8, 4) is 5.75 Å². The minimum absolute atomic E-state index is 0.129. The first kappa shape index (κ1) is 21.8. The van der Waals surface area contributed by atoms with E-state index in [0.717, 1.165) is 22.9 Å². The highest BCUT2D eigenvalue weighted by Crippen LogP contribution is 2.28. The van der Waals surface area contributed by atoms with Crippen LogP contribution in [0.15, 0.2) is 51.8 Å². The number of hydrogen-bond acceptors (Lipinski definition) is 4. The molecule has 1 fully saturated rings. The van der Waals surface area contributed by atoms with Crippen molar-refractivity contribution < 1.29 is 17.9 Å². The molecule has 0 spiro atoms. The third kappa shape index (κ3) is 5.18. The van der Waals surface area contributed by atoms with Crippen molar-refractivity contribution in [1.82, 2.24) is 4.31 Å². The molecule has 3 rings (SSSR count). The maximum atomic E-state index is 13.2. The van der Waals surface area contributed by atoms with E-state index in [9.17, 15) is 13.2 Å². The SMILES string of the molecule is COc1ccc(S(=O)(=O)N2CCCCC2CC(=O)Nc2ccc(Br)c(C)c2)cc1. The van der Waals surface area contributed by atoms with E-state index in [0.29, 0.717) is 24.4 Å². The van der Waals surface area contributed by atoms with Gasteiger partial charge in [0.2, 0.25) is 15.9 Å². The molecule has 0 saturated carbocycles. The zero-order valence-corrected chi connectivity index (χ0v) is 18.9. The number of carbonyl (C=O) groups excluding carboxylic acids is 1. The van der Waals surface area contributed by atoms with E-state index >= 15 is 0 Å². The van der Waals surface area contributed by atoms with Gasteiger partial charge in [0.1, 0.15) is 5.75 Å². The number of methoxy groups -OCH3 is 1. The fourth-order valence-electron chi connectivity index (χ4n) is 3.53. The molecule has 1 amide bonds. The summed E-state index contributed by atoms with van der Waals surface area (Å²) in [7, 11) is -2.14. The molecule has 2 aromatic rings. The molecule has 156 valence electrons. The smallest absolute Gasteiger partial charge is 0.243 e. The van der Waals surface area contributed by atoms with Crippen LogP contribution in [-0.2, 0) is 14.8 Å². The van der Waals surface area contributed by atoms with Crippen molar-refractivity contribution in [1.29, 1.82) is 0 Å². The van der Waals surface area contributed by atoms with Crippen LogP contribution in [0.2, 0.25) is 0 Å². The van der Waals surface area contributed by atoms with E-state index in [1.165, 1.54) is 11.4 Å². The van der Waals surface area contributed by atoms with Gasteiger partial charge in [-0.3, -0.25) is 4.79 Å². The van der Waals surface area contributed by atoms with E-state index in [-0.39, 0.29) is 23.3 Å². The lowest BCUT2D eigenvalue weighted by atomic mass is 10.0. The van der Waals surface area contributed by atoms with E-state index in [4.69, 9.17) is 4.74 Å². The second kappa shape index (κ2) is 9.28. The van der Waals surface area contributed by atoms with E-state index < -0.39 is 10.0 Å². The number of rotatable bonds is 6. The summed E-state index contributed by atoms with van der Waals surface area (Å²) >= 11 is 3.44. The largest absolute Gasteiger partial charge is 0.497 e. The van der Waals surface area contributed by atoms with Crippen LogP contribution in [-0.4, -0.2) is 38.3 Å². The predicted octanol–water partition coefficient (Wildman–Crippen LogP) is 4.34. The molecule has 1 atom stereocenters. The van der Waals surface area contributed by atoms with E-state index in [1.807, 2.05) is 25.1 Å². The number of benzene rings is 2. The van der Waals surface area contributed by atoms with Crippen LogP contribution in [0.4, 0.5) is 5.69 Å². The monoisotopic (exact) mass is 480 g/mol. The molecule has 0 bridgehead atoms. The van der Waals surface area contributed by atoms with Crippen molar-refractivity contribution in [3.63, 3.8) is 0 Å². The van der Waals surface area contributed by atoms with E-state index in [2.05, 4.69) is 21.2 Å². The highest BCUT2D eigenvalue weighted by molar-refractivity contribution is 9.10. The number of carbonyl (C=O) groups is 1. The Morgan fingerprint density at radius 1 is 1.21 bits per heavy atom. The fraction of sp³-hybridized carbons (Fsp3) is 0.381. The number of ether oxygens (including phenoxy) is 1.